The van der Waals surface area contributed by atoms with Crippen molar-refractivity contribution < 1.29 is 9.53 Å². The zero-order valence-electron chi connectivity index (χ0n) is 26.9. The SMILES string of the molecule is COc1ccc(N[C@H]2CC[C@H](N[C@H](Cc3ccc(Cl)cc3)C(=O)N3CCC(CN4CN=CN4)(C4CCCCC4)CC3)CC2)cc1. The van der Waals surface area contributed by atoms with E-state index in [9.17, 15) is 4.79 Å². The monoisotopic (exact) mass is 634 g/mol. The minimum atomic E-state index is -0.238. The van der Waals surface area contributed by atoms with Crippen LogP contribution in [0.5, 0.6) is 5.75 Å². The Morgan fingerprint density at radius 1 is 0.978 bits per heavy atom. The maximum Gasteiger partial charge on any atom is 0.240 e. The van der Waals surface area contributed by atoms with Crippen molar-refractivity contribution >= 4 is 29.5 Å². The molecule has 4 aliphatic rings. The number of carbonyl (C=O) groups is 1. The Balaban J connectivity index is 1.09. The standard InChI is InChI=1S/C36H51ClN6O2/c1-45-33-17-15-31(16-18-33)40-30-11-13-32(14-12-30)41-34(23-27-7-9-29(37)10-8-27)35(44)42-21-19-36(20-22-42,24-43-26-38-25-39-43)28-5-3-2-4-6-28/h7-10,15-18,25,28,30,32,34,40-41H,2-6,11-14,19-24,26H2,1H3,(H,38,39)/t30-,32-,34-/m1/s1. The van der Waals surface area contributed by atoms with Gasteiger partial charge in [-0.05, 0) is 111 Å². The molecule has 0 aromatic heterocycles. The summed E-state index contributed by atoms with van der Waals surface area (Å²) >= 11 is 6.21. The number of hydrogen-bond acceptors (Lipinski definition) is 7. The number of benzene rings is 2. The number of ether oxygens (including phenoxy) is 1. The van der Waals surface area contributed by atoms with Gasteiger partial charge in [-0.3, -0.25) is 9.79 Å². The van der Waals surface area contributed by atoms with Crippen molar-refractivity contribution in [1.82, 2.24) is 20.7 Å². The highest BCUT2D eigenvalue weighted by molar-refractivity contribution is 6.30. The normalized spacial score (nSPS) is 24.6. The molecular formula is C36H51ClN6O2. The van der Waals surface area contributed by atoms with Crippen LogP contribution in [0.1, 0.15) is 76.2 Å². The number of hydrazine groups is 1. The molecule has 2 aliphatic heterocycles. The molecule has 0 bridgehead atoms. The Labute approximate surface area is 274 Å². The number of rotatable bonds is 11. The lowest BCUT2D eigenvalue weighted by molar-refractivity contribution is -0.137. The molecule has 9 heteroatoms. The predicted molar refractivity (Wildman–Crippen MR) is 183 cm³/mol. The maximum absolute atomic E-state index is 14.3. The predicted octanol–water partition coefficient (Wildman–Crippen LogP) is 6.27. The van der Waals surface area contributed by atoms with Crippen LogP contribution in [0.25, 0.3) is 0 Å². The first kappa shape index (κ1) is 32.1. The molecule has 0 unspecified atom stereocenters. The van der Waals surface area contributed by atoms with Gasteiger partial charge in [-0.15, -0.1) is 0 Å². The van der Waals surface area contributed by atoms with E-state index in [1.807, 2.05) is 30.6 Å². The van der Waals surface area contributed by atoms with E-state index in [1.165, 1.54) is 32.1 Å². The summed E-state index contributed by atoms with van der Waals surface area (Å²) in [7, 11) is 1.70. The van der Waals surface area contributed by atoms with Gasteiger partial charge >= 0.3 is 0 Å². The fourth-order valence-corrected chi connectivity index (χ4v) is 8.39. The van der Waals surface area contributed by atoms with Crippen LogP contribution in [0, 0.1) is 11.3 Å². The Kier molecular flexibility index (Phi) is 10.8. The van der Waals surface area contributed by atoms with Gasteiger partial charge < -0.3 is 25.7 Å². The van der Waals surface area contributed by atoms with E-state index >= 15 is 0 Å². The first-order valence-corrected chi connectivity index (χ1v) is 17.6. The smallest absolute Gasteiger partial charge is 0.240 e. The third-order valence-corrected chi connectivity index (χ3v) is 11.2. The van der Waals surface area contributed by atoms with Crippen LogP contribution in [0.3, 0.4) is 0 Å². The molecule has 1 amide bonds. The summed E-state index contributed by atoms with van der Waals surface area (Å²) in [6.07, 6.45) is 15.6. The highest BCUT2D eigenvalue weighted by Crippen LogP contribution is 2.46. The number of piperidine rings is 1. The number of carbonyl (C=O) groups excluding carboxylic acids is 1. The molecule has 2 aromatic rings. The third-order valence-electron chi connectivity index (χ3n) is 10.9. The van der Waals surface area contributed by atoms with Crippen LogP contribution in [0.15, 0.2) is 53.5 Å². The fraction of sp³-hybridized carbons (Fsp3) is 0.611. The van der Waals surface area contributed by atoms with Crippen LogP contribution in [0.4, 0.5) is 5.69 Å². The summed E-state index contributed by atoms with van der Waals surface area (Å²) < 4.78 is 5.30. The minimum absolute atomic E-state index is 0.238. The second-order valence-electron chi connectivity index (χ2n) is 13.8. The van der Waals surface area contributed by atoms with Crippen LogP contribution in [-0.4, -0.2) is 73.7 Å². The molecule has 2 aliphatic carbocycles. The van der Waals surface area contributed by atoms with E-state index in [0.717, 1.165) is 92.8 Å². The van der Waals surface area contributed by atoms with Crippen molar-refractivity contribution in [3.63, 3.8) is 0 Å². The highest BCUT2D eigenvalue weighted by Gasteiger charge is 2.44. The summed E-state index contributed by atoms with van der Waals surface area (Å²) in [5.41, 5.74) is 5.87. The minimum Gasteiger partial charge on any atom is -0.497 e. The molecule has 0 radical (unpaired) electrons. The van der Waals surface area contributed by atoms with Crippen molar-refractivity contribution in [2.75, 3.05) is 38.7 Å². The summed E-state index contributed by atoms with van der Waals surface area (Å²) in [4.78, 5) is 20.9. The average molecular weight is 635 g/mol. The lowest BCUT2D eigenvalue weighted by Crippen LogP contribution is -2.57. The van der Waals surface area contributed by atoms with Crippen LogP contribution >= 0.6 is 11.6 Å². The lowest BCUT2D eigenvalue weighted by atomic mass is 9.63. The zero-order chi connectivity index (χ0) is 31.1. The Hall–Kier alpha value is -2.81. The van der Waals surface area contributed by atoms with E-state index in [0.29, 0.717) is 18.5 Å². The Morgan fingerprint density at radius 3 is 2.31 bits per heavy atom. The van der Waals surface area contributed by atoms with Gasteiger partial charge in [0.1, 0.15) is 12.4 Å². The topological polar surface area (TPSA) is 81.2 Å². The molecule has 1 atom stereocenters. The number of nitrogens with one attached hydrogen (secondary N) is 3. The first-order valence-electron chi connectivity index (χ1n) is 17.2. The molecule has 3 N–H and O–H groups in total. The number of anilines is 1. The molecule has 45 heavy (non-hydrogen) atoms. The zero-order valence-corrected chi connectivity index (χ0v) is 27.6. The molecule has 244 valence electrons. The van der Waals surface area contributed by atoms with Crippen LogP contribution < -0.4 is 20.8 Å². The molecule has 1 saturated heterocycles. The molecule has 2 aromatic carbocycles. The van der Waals surface area contributed by atoms with Gasteiger partial charge in [0.25, 0.3) is 0 Å². The number of aliphatic imine (C=N–C) groups is 1. The van der Waals surface area contributed by atoms with Gasteiger partial charge in [-0.2, -0.15) is 0 Å². The molecule has 2 saturated carbocycles. The molecule has 8 nitrogen and oxygen atoms in total. The maximum atomic E-state index is 14.3. The molecule has 6 rings (SSSR count). The molecular weight excluding hydrogens is 584 g/mol. The fourth-order valence-electron chi connectivity index (χ4n) is 8.27. The van der Waals surface area contributed by atoms with E-state index < -0.39 is 0 Å². The number of hydrogen-bond donors (Lipinski definition) is 3. The first-order chi connectivity index (χ1) is 22.0. The van der Waals surface area contributed by atoms with Crippen molar-refractivity contribution in [2.24, 2.45) is 16.3 Å². The second-order valence-corrected chi connectivity index (χ2v) is 14.2. The van der Waals surface area contributed by atoms with E-state index in [-0.39, 0.29) is 17.4 Å². The Bertz CT molecular complexity index is 1240. The molecule has 2 heterocycles. The lowest BCUT2D eigenvalue weighted by Gasteiger charge is -2.50. The van der Waals surface area contributed by atoms with Crippen molar-refractivity contribution in [3.05, 3.63) is 59.1 Å². The molecule has 0 spiro atoms. The van der Waals surface area contributed by atoms with Crippen LogP contribution in [-0.2, 0) is 11.2 Å². The van der Waals surface area contributed by atoms with Gasteiger partial charge in [0.05, 0.1) is 19.5 Å². The van der Waals surface area contributed by atoms with E-state index in [1.54, 1.807) is 7.11 Å². The van der Waals surface area contributed by atoms with Gasteiger partial charge in [0.15, 0.2) is 0 Å². The number of methoxy groups -OCH3 is 1. The summed E-state index contributed by atoms with van der Waals surface area (Å²) in [6, 6.07) is 16.7. The summed E-state index contributed by atoms with van der Waals surface area (Å²) in [6.45, 7) is 3.41. The quantitative estimate of drug-likeness (QED) is 0.270. The molecule has 3 fully saturated rings. The average Bonchev–Trinajstić information content (AvgIpc) is 3.60. The number of likely N-dealkylation sites (tertiary alicyclic amines) is 1. The number of amides is 1. The second kappa shape index (κ2) is 15.2. The van der Waals surface area contributed by atoms with Gasteiger partial charge in [-0.1, -0.05) is 43.0 Å². The summed E-state index contributed by atoms with van der Waals surface area (Å²) in [5.74, 6) is 1.86. The van der Waals surface area contributed by atoms with E-state index in [2.05, 4.69) is 55.2 Å². The van der Waals surface area contributed by atoms with Crippen LogP contribution in [0.2, 0.25) is 5.02 Å². The largest absolute Gasteiger partial charge is 0.497 e. The van der Waals surface area contributed by atoms with Crippen molar-refractivity contribution in [3.8, 4) is 5.75 Å². The van der Waals surface area contributed by atoms with Crippen molar-refractivity contribution in [2.45, 2.75) is 95.2 Å². The number of nitrogens with zero attached hydrogens (tertiary/aromatic N) is 3. The van der Waals surface area contributed by atoms with E-state index in [4.69, 9.17) is 16.3 Å². The van der Waals surface area contributed by atoms with Gasteiger partial charge in [0.2, 0.25) is 5.91 Å². The third kappa shape index (κ3) is 8.32. The summed E-state index contributed by atoms with van der Waals surface area (Å²) in [5, 5.41) is 10.6. The number of halogens is 1. The highest BCUT2D eigenvalue weighted by atomic mass is 35.5. The van der Waals surface area contributed by atoms with Gasteiger partial charge in [-0.25, -0.2) is 5.01 Å². The Morgan fingerprint density at radius 2 is 1.67 bits per heavy atom. The van der Waals surface area contributed by atoms with Gasteiger partial charge in [0, 0.05) is 42.4 Å². The van der Waals surface area contributed by atoms with Crippen molar-refractivity contribution in [1.29, 1.82) is 0 Å².